The number of imidazole rings is 2. The average Bonchev–Trinajstić information content (AvgIpc) is 3.89. The zero-order chi connectivity index (χ0) is 38.1. The number of hydrogen-bond acceptors (Lipinski definition) is 1. The van der Waals surface area contributed by atoms with Gasteiger partial charge >= 0.3 is 0 Å². The quantitative estimate of drug-likeness (QED) is 0.174. The molecule has 8 aromatic carbocycles. The zero-order valence-corrected chi connectivity index (χ0v) is 32.3. The molecule has 0 saturated carbocycles. The van der Waals surface area contributed by atoms with Crippen LogP contribution >= 0.6 is 0 Å². The van der Waals surface area contributed by atoms with E-state index in [0.717, 1.165) is 33.5 Å². The third-order valence-electron chi connectivity index (χ3n) is 12.7. The third kappa shape index (κ3) is 4.24. The SMILES string of the molecule is Cc1c(C)c(-n2c3ccccc3c3cc(-n4c5ccccc5n5c6cccc(C)c6nc45)ccc32)c(C)c2c1-c1ccccc1-c1ccccc1-c1ccccc1-2. The van der Waals surface area contributed by atoms with Gasteiger partial charge in [0.1, 0.15) is 0 Å². The van der Waals surface area contributed by atoms with Crippen molar-refractivity contribution in [1.29, 1.82) is 0 Å². The fourth-order valence-corrected chi connectivity index (χ4v) is 10.1. The van der Waals surface area contributed by atoms with Crippen LogP contribution in [-0.2, 0) is 0 Å². The summed E-state index contributed by atoms with van der Waals surface area (Å²) in [6.45, 7) is 9.14. The Bertz CT molecular complexity index is 3510. The lowest BCUT2D eigenvalue weighted by Crippen LogP contribution is -2.08. The molecule has 0 bridgehead atoms. The van der Waals surface area contributed by atoms with Crippen molar-refractivity contribution in [2.45, 2.75) is 27.7 Å². The molecule has 12 rings (SSSR count). The second-order valence-corrected chi connectivity index (χ2v) is 15.7. The minimum atomic E-state index is 0.924. The van der Waals surface area contributed by atoms with Gasteiger partial charge in [0.2, 0.25) is 5.78 Å². The predicted molar refractivity (Wildman–Crippen MR) is 238 cm³/mol. The topological polar surface area (TPSA) is 27.2 Å². The van der Waals surface area contributed by atoms with Crippen molar-refractivity contribution < 1.29 is 0 Å². The summed E-state index contributed by atoms with van der Waals surface area (Å²) in [5.41, 5.74) is 24.5. The Labute approximate surface area is 330 Å². The molecule has 4 nitrogen and oxygen atoms in total. The molecule has 0 saturated heterocycles. The van der Waals surface area contributed by atoms with Gasteiger partial charge in [-0.1, -0.05) is 115 Å². The van der Waals surface area contributed by atoms with Gasteiger partial charge < -0.3 is 4.57 Å². The van der Waals surface area contributed by atoms with Gasteiger partial charge in [0, 0.05) is 16.5 Å². The van der Waals surface area contributed by atoms with Crippen LogP contribution in [0.2, 0.25) is 0 Å². The van der Waals surface area contributed by atoms with Gasteiger partial charge in [-0.05, 0) is 137 Å². The number of nitrogens with zero attached hydrogens (tertiary/aromatic N) is 4. The highest BCUT2D eigenvalue weighted by Gasteiger charge is 2.29. The molecule has 1 aliphatic carbocycles. The molecule has 0 fully saturated rings. The number of aryl methyl sites for hydroxylation is 1. The van der Waals surface area contributed by atoms with Crippen LogP contribution in [0.25, 0.3) is 106 Å². The molecular weight excluding hydrogens is 693 g/mol. The number of para-hydroxylation sites is 4. The fraction of sp³-hybridized carbons (Fsp3) is 0.0755. The first-order valence-electron chi connectivity index (χ1n) is 19.8. The molecule has 0 aliphatic heterocycles. The fourth-order valence-electron chi connectivity index (χ4n) is 10.1. The second kappa shape index (κ2) is 11.7. The van der Waals surface area contributed by atoms with Gasteiger partial charge in [-0.2, -0.15) is 0 Å². The van der Waals surface area contributed by atoms with E-state index in [1.807, 2.05) is 0 Å². The summed E-state index contributed by atoms with van der Waals surface area (Å²) in [5.74, 6) is 0.924. The highest BCUT2D eigenvalue weighted by molar-refractivity contribution is 6.12. The standard InChI is InChI=1S/C53H38N4/c1-31-16-15-27-48-51(31)54-53-55(46-25-13-14-26-47(46)57(48)53)35-28-29-45-43(30-35)40-21-11-12-24-44(40)56(45)52-33(3)32(2)49-41-22-9-7-19-38(41)36-17-5-6-18-37(36)39-20-8-10-23-42(39)50(49)34(52)4/h5-30H,1-4H3. The number of hydrogen-bond donors (Lipinski definition) is 0. The van der Waals surface area contributed by atoms with E-state index in [0.29, 0.717) is 0 Å². The van der Waals surface area contributed by atoms with E-state index in [2.05, 4.69) is 199 Å². The Hall–Kier alpha value is -7.17. The van der Waals surface area contributed by atoms with Crippen molar-refractivity contribution in [3.63, 3.8) is 0 Å². The minimum Gasteiger partial charge on any atom is -0.309 e. The van der Waals surface area contributed by atoms with Gasteiger partial charge in [0.25, 0.3) is 0 Å². The number of aromatic nitrogens is 4. The molecule has 270 valence electrons. The lowest BCUT2D eigenvalue weighted by atomic mass is 9.76. The monoisotopic (exact) mass is 730 g/mol. The summed E-state index contributed by atoms with van der Waals surface area (Å²) in [6.07, 6.45) is 0. The highest BCUT2D eigenvalue weighted by atomic mass is 15.2. The second-order valence-electron chi connectivity index (χ2n) is 15.7. The maximum absolute atomic E-state index is 5.28. The molecular formula is C53H38N4. The Morgan fingerprint density at radius 3 is 1.60 bits per heavy atom. The summed E-state index contributed by atoms with van der Waals surface area (Å²) in [4.78, 5) is 5.28. The molecule has 57 heavy (non-hydrogen) atoms. The van der Waals surface area contributed by atoms with Gasteiger partial charge in [0.05, 0.1) is 38.8 Å². The first-order valence-corrected chi connectivity index (χ1v) is 19.8. The van der Waals surface area contributed by atoms with E-state index in [9.17, 15) is 0 Å². The van der Waals surface area contributed by atoms with Gasteiger partial charge in [-0.15, -0.1) is 0 Å². The van der Waals surface area contributed by atoms with Crippen molar-refractivity contribution in [1.82, 2.24) is 18.5 Å². The molecule has 0 N–H and O–H groups in total. The normalized spacial score (nSPS) is 12.2. The summed E-state index contributed by atoms with van der Waals surface area (Å²) >= 11 is 0. The number of rotatable bonds is 2. The van der Waals surface area contributed by atoms with Crippen LogP contribution < -0.4 is 0 Å². The zero-order valence-electron chi connectivity index (χ0n) is 32.3. The Kier molecular flexibility index (Phi) is 6.58. The summed E-state index contributed by atoms with van der Waals surface area (Å²) in [6, 6.07) is 57.9. The maximum atomic E-state index is 5.28. The van der Waals surface area contributed by atoms with Gasteiger partial charge in [-0.3, -0.25) is 8.97 Å². The van der Waals surface area contributed by atoms with E-state index in [4.69, 9.17) is 4.98 Å². The summed E-state index contributed by atoms with van der Waals surface area (Å²) < 4.78 is 7.18. The van der Waals surface area contributed by atoms with Crippen LogP contribution in [0.4, 0.5) is 0 Å². The van der Waals surface area contributed by atoms with Crippen molar-refractivity contribution >= 4 is 49.7 Å². The molecule has 0 spiro atoms. The van der Waals surface area contributed by atoms with Crippen LogP contribution in [0.5, 0.6) is 0 Å². The Morgan fingerprint density at radius 1 is 0.386 bits per heavy atom. The molecule has 0 radical (unpaired) electrons. The third-order valence-corrected chi connectivity index (χ3v) is 12.7. The van der Waals surface area contributed by atoms with Crippen molar-refractivity contribution in [2.24, 2.45) is 0 Å². The first kappa shape index (κ1) is 32.1. The van der Waals surface area contributed by atoms with Crippen molar-refractivity contribution in [2.75, 3.05) is 0 Å². The minimum absolute atomic E-state index is 0.924. The van der Waals surface area contributed by atoms with Crippen LogP contribution in [0.1, 0.15) is 22.3 Å². The van der Waals surface area contributed by atoms with Crippen LogP contribution in [0.3, 0.4) is 0 Å². The molecule has 0 atom stereocenters. The Balaban J connectivity index is 1.17. The van der Waals surface area contributed by atoms with Crippen LogP contribution in [-0.4, -0.2) is 18.5 Å². The van der Waals surface area contributed by atoms with Gasteiger partial charge in [-0.25, -0.2) is 4.98 Å². The van der Waals surface area contributed by atoms with Gasteiger partial charge in [0.15, 0.2) is 0 Å². The van der Waals surface area contributed by atoms with Crippen LogP contribution in [0, 0.1) is 27.7 Å². The van der Waals surface area contributed by atoms with Crippen molar-refractivity contribution in [3.8, 4) is 55.9 Å². The first-order chi connectivity index (χ1) is 28.0. The summed E-state index contributed by atoms with van der Waals surface area (Å²) in [5, 5.41) is 2.45. The molecule has 3 heterocycles. The largest absolute Gasteiger partial charge is 0.309 e. The molecule has 11 aromatic rings. The Morgan fingerprint density at radius 2 is 0.912 bits per heavy atom. The van der Waals surface area contributed by atoms with E-state index in [-0.39, 0.29) is 0 Å². The smallest absolute Gasteiger partial charge is 0.220 e. The van der Waals surface area contributed by atoms with E-state index in [1.54, 1.807) is 0 Å². The molecule has 1 aliphatic rings. The maximum Gasteiger partial charge on any atom is 0.220 e. The predicted octanol–water partition coefficient (Wildman–Crippen LogP) is 13.7. The van der Waals surface area contributed by atoms with E-state index < -0.39 is 0 Å². The summed E-state index contributed by atoms with van der Waals surface area (Å²) in [7, 11) is 0. The number of fused-ring (bicyclic) bond motifs is 16. The van der Waals surface area contributed by atoms with Crippen molar-refractivity contribution in [3.05, 3.63) is 180 Å². The molecule has 0 amide bonds. The molecule has 4 heteroatoms. The highest BCUT2D eigenvalue weighted by Crippen LogP contribution is 2.52. The van der Waals surface area contributed by atoms with E-state index in [1.165, 1.54) is 94.3 Å². The number of benzene rings is 8. The average molecular weight is 731 g/mol. The molecule has 3 aromatic heterocycles. The lowest BCUT2D eigenvalue weighted by Gasteiger charge is -2.29. The molecule has 0 unspecified atom stereocenters. The van der Waals surface area contributed by atoms with Crippen LogP contribution in [0.15, 0.2) is 158 Å². The van der Waals surface area contributed by atoms with E-state index >= 15 is 0 Å². The lowest BCUT2D eigenvalue weighted by molar-refractivity contribution is 1.10.